The third kappa shape index (κ3) is 15.1. The highest BCUT2D eigenvalue weighted by Crippen LogP contribution is 2.08. The van der Waals surface area contributed by atoms with Gasteiger partial charge in [-0.3, -0.25) is 0 Å². The minimum absolute atomic E-state index is 0. The molecular weight excluding hydrogens is 612 g/mol. The normalized spacial score (nSPS) is 9.36. The molecule has 0 saturated heterocycles. The Bertz CT molecular complexity index is 521. The Balaban J connectivity index is -0.00000156. The van der Waals surface area contributed by atoms with Crippen LogP contribution in [-0.4, -0.2) is 0 Å². The third-order valence-electron chi connectivity index (χ3n) is 4.70. The van der Waals surface area contributed by atoms with Gasteiger partial charge in [-0.25, -0.2) is 9.13 Å². The van der Waals surface area contributed by atoms with E-state index in [0.29, 0.717) is 0 Å². The lowest BCUT2D eigenvalue weighted by molar-refractivity contribution is -0.697. The fraction of sp³-hybridized carbons (Fsp3) is 0.545. The average molecular weight is 650 g/mol. The molecule has 0 aliphatic heterocycles. The maximum absolute atomic E-state index is 2.30. The van der Waals surface area contributed by atoms with Gasteiger partial charge in [0.05, 0.1) is 0 Å². The second-order valence-corrected chi connectivity index (χ2v) is 7.06. The number of nitrogens with zero attached hydrogens (tertiary/aromatic N) is 2. The Morgan fingerprint density at radius 3 is 1.00 bits per heavy atom. The summed E-state index contributed by atoms with van der Waals surface area (Å²) < 4.78 is 4.60. The number of aryl methyl sites for hydroxylation is 4. The summed E-state index contributed by atoms with van der Waals surface area (Å²) in [4.78, 5) is 0. The first-order valence-corrected chi connectivity index (χ1v) is 9.65. The molecule has 0 radical (unpaired) electrons. The highest BCUT2D eigenvalue weighted by atomic mass is 79.9. The molecule has 6 heteroatoms. The van der Waals surface area contributed by atoms with Crippen LogP contribution in [0.2, 0.25) is 0 Å². The summed E-state index contributed by atoms with van der Waals surface area (Å²) in [5.41, 5.74) is 2.68. The van der Waals surface area contributed by atoms with E-state index < -0.39 is 0 Å². The van der Waals surface area contributed by atoms with Crippen molar-refractivity contribution in [2.45, 2.75) is 78.3 Å². The Morgan fingerprint density at radius 1 is 0.464 bits per heavy atom. The van der Waals surface area contributed by atoms with Gasteiger partial charge in [0.1, 0.15) is 13.1 Å². The van der Waals surface area contributed by atoms with E-state index in [4.69, 9.17) is 0 Å². The van der Waals surface area contributed by atoms with Crippen LogP contribution in [0.25, 0.3) is 0 Å². The second-order valence-electron chi connectivity index (χ2n) is 7.06. The number of rotatable bonds is 11. The highest BCUT2D eigenvalue weighted by molar-refractivity contribution is 8.93. The standard InChI is InChI=1S/C22H34N2.4BrH/c1-21-11-17-23(18-12-21)15-9-7-5-3-4-6-8-10-16-24-19-13-22(2)14-20-24;;;;/h11-14,17-20H,3-10,15-16H2,1-2H3;4*1H/q+2;;;;. The summed E-state index contributed by atoms with van der Waals surface area (Å²) in [5, 5.41) is 0. The van der Waals surface area contributed by atoms with Crippen LogP contribution in [0.15, 0.2) is 49.1 Å². The van der Waals surface area contributed by atoms with Gasteiger partial charge in [-0.1, -0.05) is 25.7 Å². The number of pyridine rings is 2. The first-order valence-electron chi connectivity index (χ1n) is 9.65. The molecule has 0 bridgehead atoms. The fourth-order valence-electron chi connectivity index (χ4n) is 3.01. The van der Waals surface area contributed by atoms with Crippen LogP contribution >= 0.6 is 67.9 Å². The molecule has 0 N–H and O–H groups in total. The predicted octanol–water partition coefficient (Wildman–Crippen LogP) is 7.01. The first-order chi connectivity index (χ1) is 11.7. The zero-order chi connectivity index (χ0) is 17.0. The maximum Gasteiger partial charge on any atom is 0.169 e. The third-order valence-corrected chi connectivity index (χ3v) is 4.70. The quantitative estimate of drug-likeness (QED) is 0.183. The topological polar surface area (TPSA) is 7.76 Å². The molecule has 2 heterocycles. The van der Waals surface area contributed by atoms with E-state index in [1.165, 1.54) is 62.5 Å². The van der Waals surface area contributed by atoms with Crippen molar-refractivity contribution in [1.29, 1.82) is 0 Å². The largest absolute Gasteiger partial charge is 0.205 e. The average Bonchev–Trinajstić information content (AvgIpc) is 2.60. The van der Waals surface area contributed by atoms with Crippen molar-refractivity contribution in [2.75, 3.05) is 0 Å². The monoisotopic (exact) mass is 646 g/mol. The summed E-state index contributed by atoms with van der Waals surface area (Å²) >= 11 is 0. The van der Waals surface area contributed by atoms with E-state index >= 15 is 0 Å². The van der Waals surface area contributed by atoms with Crippen molar-refractivity contribution in [3.05, 3.63) is 60.2 Å². The molecule has 0 aliphatic rings. The number of aromatic nitrogens is 2. The smallest absolute Gasteiger partial charge is 0.169 e. The lowest BCUT2D eigenvalue weighted by atomic mass is 10.1. The SMILES string of the molecule is Br.Br.Br.Br.Cc1cc[n+](CCCCCCCCCC[n+]2ccc(C)cc2)cc1. The van der Waals surface area contributed by atoms with Gasteiger partial charge in [0.25, 0.3) is 0 Å². The fourth-order valence-corrected chi connectivity index (χ4v) is 3.01. The molecule has 2 nitrogen and oxygen atoms in total. The zero-order valence-electron chi connectivity index (χ0n) is 17.2. The van der Waals surface area contributed by atoms with E-state index in [1.54, 1.807) is 0 Å². The molecule has 28 heavy (non-hydrogen) atoms. The van der Waals surface area contributed by atoms with Crippen molar-refractivity contribution in [3.8, 4) is 0 Å². The molecule has 0 unspecified atom stereocenters. The Morgan fingerprint density at radius 2 is 0.714 bits per heavy atom. The Labute approximate surface area is 214 Å². The van der Waals surface area contributed by atoms with Gasteiger partial charge < -0.3 is 0 Å². The number of unbranched alkanes of at least 4 members (excludes halogenated alkanes) is 7. The van der Waals surface area contributed by atoms with Gasteiger partial charge in [0.2, 0.25) is 0 Å². The van der Waals surface area contributed by atoms with E-state index in [1.807, 2.05) is 0 Å². The summed E-state index contributed by atoms with van der Waals surface area (Å²) in [7, 11) is 0. The van der Waals surface area contributed by atoms with Gasteiger partial charge in [0.15, 0.2) is 24.8 Å². The van der Waals surface area contributed by atoms with E-state index in [2.05, 4.69) is 72.0 Å². The van der Waals surface area contributed by atoms with Gasteiger partial charge in [-0.15, -0.1) is 67.9 Å². The lowest BCUT2D eigenvalue weighted by Gasteiger charge is -2.01. The molecule has 0 saturated carbocycles. The summed E-state index contributed by atoms with van der Waals surface area (Å²) in [6, 6.07) is 8.76. The zero-order valence-corrected chi connectivity index (χ0v) is 24.1. The van der Waals surface area contributed by atoms with Gasteiger partial charge >= 0.3 is 0 Å². The second kappa shape index (κ2) is 20.5. The number of hydrogen-bond acceptors (Lipinski definition) is 0. The van der Waals surface area contributed by atoms with Crippen LogP contribution in [0.3, 0.4) is 0 Å². The van der Waals surface area contributed by atoms with Crippen molar-refractivity contribution in [3.63, 3.8) is 0 Å². The van der Waals surface area contributed by atoms with Crippen molar-refractivity contribution in [1.82, 2.24) is 0 Å². The molecule has 2 rings (SSSR count). The van der Waals surface area contributed by atoms with E-state index in [0.717, 1.165) is 13.1 Å². The summed E-state index contributed by atoms with van der Waals surface area (Å²) in [6.07, 6.45) is 19.7. The molecule has 0 atom stereocenters. The van der Waals surface area contributed by atoms with Crippen LogP contribution < -0.4 is 9.13 Å². The van der Waals surface area contributed by atoms with Gasteiger partial charge in [-0.05, 0) is 37.8 Å². The molecular formula is C22H38Br4N2+2. The molecule has 2 aromatic rings. The minimum atomic E-state index is 0. The van der Waals surface area contributed by atoms with E-state index in [9.17, 15) is 0 Å². The van der Waals surface area contributed by atoms with Crippen LogP contribution in [0.5, 0.6) is 0 Å². The van der Waals surface area contributed by atoms with Crippen LogP contribution in [0.1, 0.15) is 62.5 Å². The highest BCUT2D eigenvalue weighted by Gasteiger charge is 2.01. The summed E-state index contributed by atoms with van der Waals surface area (Å²) in [5.74, 6) is 0. The summed E-state index contributed by atoms with van der Waals surface area (Å²) in [6.45, 7) is 6.61. The van der Waals surface area contributed by atoms with Crippen LogP contribution in [0, 0.1) is 13.8 Å². The van der Waals surface area contributed by atoms with Crippen molar-refractivity contribution >= 4 is 67.9 Å². The number of halogens is 4. The van der Waals surface area contributed by atoms with Crippen molar-refractivity contribution in [2.24, 2.45) is 0 Å². The Hall–Kier alpha value is 0.220. The first kappa shape index (κ1) is 32.9. The Kier molecular flexibility index (Phi) is 24.1. The van der Waals surface area contributed by atoms with E-state index in [-0.39, 0.29) is 67.9 Å². The molecule has 0 spiro atoms. The van der Waals surface area contributed by atoms with Crippen molar-refractivity contribution < 1.29 is 9.13 Å². The van der Waals surface area contributed by atoms with Crippen LogP contribution in [-0.2, 0) is 13.1 Å². The molecule has 0 aromatic carbocycles. The molecule has 2 aromatic heterocycles. The molecule has 162 valence electrons. The predicted molar refractivity (Wildman–Crippen MR) is 141 cm³/mol. The van der Waals surface area contributed by atoms with Gasteiger partial charge in [-0.2, -0.15) is 0 Å². The molecule has 0 aliphatic carbocycles. The lowest BCUT2D eigenvalue weighted by Crippen LogP contribution is -2.32. The number of hydrogen-bond donors (Lipinski definition) is 0. The minimum Gasteiger partial charge on any atom is -0.205 e. The molecule has 0 amide bonds. The van der Waals surface area contributed by atoms with Crippen LogP contribution in [0.4, 0.5) is 0 Å². The molecule has 0 fully saturated rings. The maximum atomic E-state index is 2.30. The van der Waals surface area contributed by atoms with Gasteiger partial charge in [0, 0.05) is 37.1 Å².